The number of nitrogens with zero attached hydrogens (tertiary/aromatic N) is 3. The fraction of sp³-hybridized carbons (Fsp3) is 0.312. The Morgan fingerprint density at radius 3 is 2.57 bits per heavy atom. The lowest BCUT2D eigenvalue weighted by Crippen LogP contribution is -2.08. The van der Waals surface area contributed by atoms with Gasteiger partial charge in [-0.1, -0.05) is 41.9 Å². The van der Waals surface area contributed by atoms with E-state index in [2.05, 4.69) is 73.5 Å². The summed E-state index contributed by atoms with van der Waals surface area (Å²) in [6, 6.07) is 8.18. The zero-order valence-corrected chi connectivity index (χ0v) is 15.6. The number of benzene rings is 1. The minimum Gasteiger partial charge on any atom is -0.351 e. The molecule has 0 saturated carbocycles. The highest BCUT2D eigenvalue weighted by Gasteiger charge is 2.14. The average molecular weight is 392 g/mol. The Morgan fingerprint density at radius 1 is 1.17 bits per heavy atom. The second kappa shape index (κ2) is 6.80. The van der Waals surface area contributed by atoms with Crippen molar-refractivity contribution < 1.29 is 0 Å². The molecule has 0 aliphatic rings. The van der Waals surface area contributed by atoms with Crippen LogP contribution in [0.2, 0.25) is 0 Å². The predicted molar refractivity (Wildman–Crippen MR) is 97.8 cm³/mol. The number of rotatable bonds is 5. The molecule has 1 atom stereocenters. The first kappa shape index (κ1) is 16.1. The maximum absolute atomic E-state index is 4.50. The van der Waals surface area contributed by atoms with Gasteiger partial charge in [0.15, 0.2) is 0 Å². The van der Waals surface area contributed by atoms with Crippen molar-refractivity contribution in [2.24, 2.45) is 0 Å². The summed E-state index contributed by atoms with van der Waals surface area (Å²) in [6.07, 6.45) is 1.86. The molecule has 0 fully saturated rings. The molecule has 0 spiro atoms. The SMILES string of the molecule is CC(C)c1nsc(NC(C)c2ncc(-c3ccc(Br)cc3)[nH]2)n1. The molecule has 2 heterocycles. The number of hydrogen-bond donors (Lipinski definition) is 2. The first-order valence-electron chi connectivity index (χ1n) is 7.44. The van der Waals surface area contributed by atoms with Gasteiger partial charge in [0.25, 0.3) is 0 Å². The molecular weight excluding hydrogens is 374 g/mol. The van der Waals surface area contributed by atoms with Gasteiger partial charge >= 0.3 is 0 Å². The Hall–Kier alpha value is -1.73. The van der Waals surface area contributed by atoms with E-state index in [1.165, 1.54) is 11.5 Å². The number of aromatic amines is 1. The van der Waals surface area contributed by atoms with Crippen molar-refractivity contribution in [2.45, 2.75) is 32.7 Å². The van der Waals surface area contributed by atoms with E-state index in [9.17, 15) is 0 Å². The molecule has 23 heavy (non-hydrogen) atoms. The standard InChI is InChI=1S/C16H18BrN5S/c1-9(2)14-21-16(23-22-14)19-10(3)15-18-8-13(20-15)11-4-6-12(17)7-5-11/h4-10H,1-3H3,(H,18,20)(H,19,21,22). The average Bonchev–Trinajstić information content (AvgIpc) is 3.17. The van der Waals surface area contributed by atoms with E-state index in [-0.39, 0.29) is 6.04 Å². The molecule has 5 nitrogen and oxygen atoms in total. The molecule has 2 aromatic heterocycles. The molecule has 0 aliphatic carbocycles. The Morgan fingerprint density at radius 2 is 1.91 bits per heavy atom. The molecular formula is C16H18BrN5S. The van der Waals surface area contributed by atoms with E-state index in [4.69, 9.17) is 0 Å². The van der Waals surface area contributed by atoms with E-state index >= 15 is 0 Å². The molecule has 2 N–H and O–H groups in total. The summed E-state index contributed by atoms with van der Waals surface area (Å²) in [7, 11) is 0. The number of imidazole rings is 1. The van der Waals surface area contributed by atoms with Gasteiger partial charge in [0.05, 0.1) is 17.9 Å². The predicted octanol–water partition coefficient (Wildman–Crippen LogP) is 4.99. The van der Waals surface area contributed by atoms with Gasteiger partial charge in [0.1, 0.15) is 11.6 Å². The second-order valence-electron chi connectivity index (χ2n) is 5.67. The summed E-state index contributed by atoms with van der Waals surface area (Å²) in [5, 5.41) is 4.17. The van der Waals surface area contributed by atoms with Crippen LogP contribution in [0.4, 0.5) is 5.13 Å². The molecule has 1 unspecified atom stereocenters. The Labute approximate surface area is 147 Å². The number of halogens is 1. The van der Waals surface area contributed by atoms with Gasteiger partial charge < -0.3 is 10.3 Å². The van der Waals surface area contributed by atoms with E-state index in [1.54, 1.807) is 0 Å². The lowest BCUT2D eigenvalue weighted by atomic mass is 10.2. The Balaban J connectivity index is 1.72. The van der Waals surface area contributed by atoms with Crippen LogP contribution < -0.4 is 5.32 Å². The molecule has 0 bridgehead atoms. The Bertz CT molecular complexity index is 778. The van der Waals surface area contributed by atoms with Crippen LogP contribution in [0.5, 0.6) is 0 Å². The zero-order valence-electron chi connectivity index (χ0n) is 13.2. The van der Waals surface area contributed by atoms with Crippen LogP contribution in [-0.4, -0.2) is 19.3 Å². The largest absolute Gasteiger partial charge is 0.351 e. The van der Waals surface area contributed by atoms with Crippen molar-refractivity contribution in [3.05, 3.63) is 46.6 Å². The maximum Gasteiger partial charge on any atom is 0.203 e. The number of hydrogen-bond acceptors (Lipinski definition) is 5. The van der Waals surface area contributed by atoms with Crippen molar-refractivity contribution in [1.82, 2.24) is 19.3 Å². The van der Waals surface area contributed by atoms with Crippen molar-refractivity contribution in [1.29, 1.82) is 0 Å². The molecule has 3 rings (SSSR count). The molecule has 0 saturated heterocycles. The van der Waals surface area contributed by atoms with Crippen LogP contribution in [0.25, 0.3) is 11.3 Å². The van der Waals surface area contributed by atoms with Gasteiger partial charge in [-0.25, -0.2) is 9.97 Å². The van der Waals surface area contributed by atoms with Crippen molar-refractivity contribution in [3.63, 3.8) is 0 Å². The fourth-order valence-corrected chi connectivity index (χ4v) is 3.17. The number of anilines is 1. The summed E-state index contributed by atoms with van der Waals surface area (Å²) >= 11 is 4.83. The van der Waals surface area contributed by atoms with Gasteiger partial charge in [-0.05, 0) is 24.6 Å². The van der Waals surface area contributed by atoms with E-state index in [0.717, 1.165) is 32.5 Å². The number of aromatic nitrogens is 4. The third-order valence-corrected chi connectivity index (χ3v) is 4.65. The summed E-state index contributed by atoms with van der Waals surface area (Å²) in [5.74, 6) is 2.09. The van der Waals surface area contributed by atoms with Gasteiger partial charge in [-0.3, -0.25) is 0 Å². The smallest absolute Gasteiger partial charge is 0.203 e. The highest BCUT2D eigenvalue weighted by Crippen LogP contribution is 2.24. The third-order valence-electron chi connectivity index (χ3n) is 3.46. The first-order chi connectivity index (χ1) is 11.0. The van der Waals surface area contributed by atoms with Crippen molar-refractivity contribution in [2.75, 3.05) is 5.32 Å². The van der Waals surface area contributed by atoms with E-state index < -0.39 is 0 Å². The monoisotopic (exact) mass is 391 g/mol. The van der Waals surface area contributed by atoms with Gasteiger partial charge in [0.2, 0.25) is 5.13 Å². The van der Waals surface area contributed by atoms with Crippen LogP contribution >= 0.6 is 27.5 Å². The lowest BCUT2D eigenvalue weighted by Gasteiger charge is -2.09. The fourth-order valence-electron chi connectivity index (χ4n) is 2.11. The van der Waals surface area contributed by atoms with E-state index in [0.29, 0.717) is 5.92 Å². The van der Waals surface area contributed by atoms with Crippen LogP contribution in [0.3, 0.4) is 0 Å². The summed E-state index contributed by atoms with van der Waals surface area (Å²) in [6.45, 7) is 6.24. The zero-order chi connectivity index (χ0) is 16.4. The molecule has 3 aromatic rings. The van der Waals surface area contributed by atoms with Crippen LogP contribution in [0.1, 0.15) is 44.4 Å². The minimum atomic E-state index is 0.0344. The van der Waals surface area contributed by atoms with Crippen LogP contribution in [0.15, 0.2) is 34.9 Å². The molecule has 7 heteroatoms. The molecule has 0 aliphatic heterocycles. The summed E-state index contributed by atoms with van der Waals surface area (Å²) in [4.78, 5) is 12.3. The third kappa shape index (κ3) is 3.79. The molecule has 0 amide bonds. The highest BCUT2D eigenvalue weighted by atomic mass is 79.9. The first-order valence-corrected chi connectivity index (χ1v) is 9.00. The van der Waals surface area contributed by atoms with Crippen LogP contribution in [0, 0.1) is 0 Å². The van der Waals surface area contributed by atoms with Crippen molar-refractivity contribution >= 4 is 32.6 Å². The van der Waals surface area contributed by atoms with Crippen molar-refractivity contribution in [3.8, 4) is 11.3 Å². The maximum atomic E-state index is 4.50. The second-order valence-corrected chi connectivity index (χ2v) is 7.33. The molecule has 1 aromatic carbocycles. The summed E-state index contributed by atoms with van der Waals surface area (Å²) in [5.41, 5.74) is 2.11. The molecule has 0 radical (unpaired) electrons. The number of nitrogens with one attached hydrogen (secondary N) is 2. The Kier molecular flexibility index (Phi) is 4.77. The quantitative estimate of drug-likeness (QED) is 0.642. The lowest BCUT2D eigenvalue weighted by molar-refractivity contribution is 0.784. The van der Waals surface area contributed by atoms with Gasteiger partial charge in [-0.15, -0.1) is 0 Å². The summed E-state index contributed by atoms with van der Waals surface area (Å²) < 4.78 is 5.42. The highest BCUT2D eigenvalue weighted by molar-refractivity contribution is 9.10. The van der Waals surface area contributed by atoms with Gasteiger partial charge in [-0.2, -0.15) is 4.37 Å². The molecule has 120 valence electrons. The topological polar surface area (TPSA) is 66.5 Å². The normalized spacial score (nSPS) is 12.6. The van der Waals surface area contributed by atoms with Crippen LogP contribution in [-0.2, 0) is 0 Å². The minimum absolute atomic E-state index is 0.0344. The number of H-pyrrole nitrogens is 1. The van der Waals surface area contributed by atoms with E-state index in [1.807, 2.05) is 18.3 Å². The van der Waals surface area contributed by atoms with Gasteiger partial charge in [0, 0.05) is 21.9 Å².